The molecule has 274 valence electrons. The van der Waals surface area contributed by atoms with Crippen LogP contribution in [0, 0.1) is 11.7 Å². The van der Waals surface area contributed by atoms with Gasteiger partial charge in [-0.1, -0.05) is 72.8 Å². The lowest BCUT2D eigenvalue weighted by molar-refractivity contribution is -0.139. The van der Waals surface area contributed by atoms with Gasteiger partial charge in [-0.05, 0) is 84.7 Å². The molecule has 3 aliphatic rings. The van der Waals surface area contributed by atoms with Crippen LogP contribution in [0.15, 0.2) is 103 Å². The van der Waals surface area contributed by atoms with Crippen LogP contribution in [0.1, 0.15) is 67.3 Å². The Hall–Kier alpha value is -5.64. The van der Waals surface area contributed by atoms with Crippen molar-refractivity contribution in [3.63, 3.8) is 0 Å². The van der Waals surface area contributed by atoms with Gasteiger partial charge in [-0.15, -0.1) is 0 Å². The van der Waals surface area contributed by atoms with E-state index in [0.29, 0.717) is 23.6 Å². The van der Waals surface area contributed by atoms with E-state index in [9.17, 15) is 28.4 Å². The third-order valence-electron chi connectivity index (χ3n) is 10.0. The fourth-order valence-electron chi connectivity index (χ4n) is 7.25. The molecule has 0 aliphatic carbocycles. The first-order chi connectivity index (χ1) is 25.6. The lowest BCUT2D eigenvalue weighted by atomic mass is 9.90. The maximum Gasteiger partial charge on any atom is 0.224 e. The highest BCUT2D eigenvalue weighted by Gasteiger charge is 2.36. The van der Waals surface area contributed by atoms with Gasteiger partial charge in [-0.25, -0.2) is 4.39 Å². The van der Waals surface area contributed by atoms with E-state index in [0.717, 1.165) is 29.5 Å². The SMILES string of the molecule is CC(=O)N[C@H]1Cc2cccc(c2)Oc2ccc(cc2)C[C@@H](C(=O)CCc2ccccc2F)NC(=O)[C@H](CC(=O)N2CCC[C@@H]2c2ccccc2)CC1=O. The Morgan fingerprint density at radius 2 is 1.60 bits per heavy atom. The highest BCUT2D eigenvalue weighted by atomic mass is 19.1. The molecule has 53 heavy (non-hydrogen) atoms. The van der Waals surface area contributed by atoms with Gasteiger partial charge >= 0.3 is 0 Å². The van der Waals surface area contributed by atoms with Crippen LogP contribution < -0.4 is 15.4 Å². The Labute approximate surface area is 308 Å². The molecule has 3 amide bonds. The molecule has 4 aromatic carbocycles. The third-order valence-corrected chi connectivity index (χ3v) is 10.0. The van der Waals surface area contributed by atoms with Crippen LogP contribution in [-0.2, 0) is 43.2 Å². The summed E-state index contributed by atoms with van der Waals surface area (Å²) in [4.78, 5) is 70.4. The summed E-state index contributed by atoms with van der Waals surface area (Å²) < 4.78 is 20.6. The van der Waals surface area contributed by atoms with Gasteiger partial charge in [0, 0.05) is 32.7 Å². The van der Waals surface area contributed by atoms with Crippen LogP contribution in [0.2, 0.25) is 0 Å². The number of amides is 3. The zero-order chi connectivity index (χ0) is 37.3. The quantitative estimate of drug-likeness (QED) is 0.223. The van der Waals surface area contributed by atoms with Crippen molar-refractivity contribution in [2.45, 2.75) is 76.4 Å². The van der Waals surface area contributed by atoms with Gasteiger partial charge in [0.15, 0.2) is 11.6 Å². The molecule has 0 unspecified atom stereocenters. The summed E-state index contributed by atoms with van der Waals surface area (Å²) in [6.45, 7) is 1.84. The molecule has 4 aromatic rings. The molecule has 9 nitrogen and oxygen atoms in total. The van der Waals surface area contributed by atoms with Crippen LogP contribution in [0.25, 0.3) is 0 Å². The Morgan fingerprint density at radius 3 is 2.36 bits per heavy atom. The molecule has 2 N–H and O–H groups in total. The average molecular weight is 718 g/mol. The number of Topliss-reactive ketones (excluding diaryl/α,β-unsaturated/α-hetero) is 2. The lowest BCUT2D eigenvalue weighted by Gasteiger charge is -2.28. The van der Waals surface area contributed by atoms with Crippen molar-refractivity contribution >= 4 is 29.3 Å². The van der Waals surface area contributed by atoms with Crippen molar-refractivity contribution in [1.82, 2.24) is 15.5 Å². The second-order valence-corrected chi connectivity index (χ2v) is 13.9. The molecule has 1 fully saturated rings. The predicted octanol–water partition coefficient (Wildman–Crippen LogP) is 6.24. The van der Waals surface area contributed by atoms with Crippen LogP contribution in [0.3, 0.4) is 0 Å². The van der Waals surface area contributed by atoms with Crippen molar-refractivity contribution in [2.24, 2.45) is 5.92 Å². The van der Waals surface area contributed by atoms with Crippen LogP contribution in [0.4, 0.5) is 4.39 Å². The van der Waals surface area contributed by atoms with Gasteiger partial charge in [-0.2, -0.15) is 0 Å². The minimum absolute atomic E-state index is 0.0393. The number of carbonyl (C=O) groups excluding carboxylic acids is 5. The largest absolute Gasteiger partial charge is 0.457 e. The smallest absolute Gasteiger partial charge is 0.224 e. The number of rotatable bonds is 8. The number of hydrogen-bond acceptors (Lipinski definition) is 6. The molecular weight excluding hydrogens is 673 g/mol. The first kappa shape index (κ1) is 37.1. The number of fused-ring (bicyclic) bond motifs is 10. The van der Waals surface area contributed by atoms with Crippen LogP contribution in [0.5, 0.6) is 11.5 Å². The third kappa shape index (κ3) is 9.83. The minimum atomic E-state index is -1.13. The first-order valence-corrected chi connectivity index (χ1v) is 18.2. The number of hydrogen-bond donors (Lipinski definition) is 2. The van der Waals surface area contributed by atoms with E-state index in [-0.39, 0.29) is 56.3 Å². The number of likely N-dealkylation sites (tertiary alicyclic amines) is 1. The van der Waals surface area contributed by atoms with E-state index in [4.69, 9.17) is 4.74 Å². The summed E-state index contributed by atoms with van der Waals surface area (Å²) in [6, 6.07) is 28.2. The number of benzene rings is 4. The van der Waals surface area contributed by atoms with Gasteiger partial charge in [0.25, 0.3) is 0 Å². The molecule has 0 aromatic heterocycles. The van der Waals surface area contributed by atoms with Gasteiger partial charge in [0.05, 0.1) is 24.0 Å². The Kier molecular flexibility index (Phi) is 12.1. The number of ether oxygens (including phenoxy) is 1. The van der Waals surface area contributed by atoms with Crippen molar-refractivity contribution in [1.29, 1.82) is 0 Å². The van der Waals surface area contributed by atoms with Crippen molar-refractivity contribution in [2.75, 3.05) is 6.54 Å². The molecule has 10 heteroatoms. The van der Waals surface area contributed by atoms with E-state index >= 15 is 0 Å². The van der Waals surface area contributed by atoms with Gasteiger partial charge in [0.1, 0.15) is 17.3 Å². The zero-order valence-corrected chi connectivity index (χ0v) is 29.8. The van der Waals surface area contributed by atoms with Gasteiger partial charge < -0.3 is 20.3 Å². The number of ketones is 2. The van der Waals surface area contributed by atoms with Gasteiger partial charge in [0.2, 0.25) is 17.7 Å². The number of nitrogens with zero attached hydrogens (tertiary/aromatic N) is 1. The zero-order valence-electron chi connectivity index (χ0n) is 29.8. The van der Waals surface area contributed by atoms with Crippen molar-refractivity contribution < 1.29 is 33.1 Å². The van der Waals surface area contributed by atoms with Crippen LogP contribution >= 0.6 is 0 Å². The summed E-state index contributed by atoms with van der Waals surface area (Å²) in [5.74, 6) is -2.49. The first-order valence-electron chi connectivity index (χ1n) is 18.2. The summed E-state index contributed by atoms with van der Waals surface area (Å²) in [5.41, 5.74) is 2.86. The van der Waals surface area contributed by atoms with E-state index in [1.165, 1.54) is 13.0 Å². The normalized spacial score (nSPS) is 20.6. The summed E-state index contributed by atoms with van der Waals surface area (Å²) in [5, 5.41) is 5.64. The summed E-state index contributed by atoms with van der Waals surface area (Å²) in [7, 11) is 0. The fourth-order valence-corrected chi connectivity index (χ4v) is 7.25. The Morgan fingerprint density at radius 1 is 0.849 bits per heavy atom. The maximum atomic E-state index is 14.5. The highest BCUT2D eigenvalue weighted by molar-refractivity contribution is 5.96. The van der Waals surface area contributed by atoms with Crippen molar-refractivity contribution in [3.05, 3.63) is 131 Å². The maximum absolute atomic E-state index is 14.5. The number of halogens is 1. The number of nitrogens with one attached hydrogen (secondary N) is 2. The van der Waals surface area contributed by atoms with Crippen molar-refractivity contribution in [3.8, 4) is 11.5 Å². The van der Waals surface area contributed by atoms with E-state index in [1.54, 1.807) is 53.4 Å². The van der Waals surface area contributed by atoms with E-state index in [2.05, 4.69) is 10.6 Å². The molecule has 0 saturated carbocycles. The second-order valence-electron chi connectivity index (χ2n) is 13.9. The number of carbonyl (C=O) groups is 5. The standard InChI is InChI=1S/C43H44FN3O6/c1-28(48)45-38-25-30-9-7-13-35(23-30)53-34-19-16-29(17-20-34)24-37(40(49)21-18-31-10-5-6-14-36(31)44)46-43(52)33(26-41(38)50)27-42(51)47-22-8-15-39(47)32-11-3-2-4-12-32/h2-7,9-14,16-17,19-20,23,33,37-39H,8,15,18,21-22,24-27H2,1H3,(H,45,48)(H,46,52)/t33-,37-,38-,39+/m0/s1. The monoisotopic (exact) mass is 717 g/mol. The minimum Gasteiger partial charge on any atom is -0.457 e. The van der Waals surface area contributed by atoms with Crippen LogP contribution in [-0.4, -0.2) is 52.8 Å². The summed E-state index contributed by atoms with van der Waals surface area (Å²) >= 11 is 0. The molecule has 4 bridgehead atoms. The molecule has 4 atom stereocenters. The highest BCUT2D eigenvalue weighted by Crippen LogP contribution is 2.33. The predicted molar refractivity (Wildman–Crippen MR) is 197 cm³/mol. The molecule has 7 rings (SSSR count). The van der Waals surface area contributed by atoms with E-state index < -0.39 is 41.4 Å². The molecule has 3 aliphatic heterocycles. The van der Waals surface area contributed by atoms with E-state index in [1.807, 2.05) is 48.5 Å². The lowest BCUT2D eigenvalue weighted by Crippen LogP contribution is -2.48. The summed E-state index contributed by atoms with van der Waals surface area (Å²) in [6.07, 6.45) is 1.33. The molecule has 3 heterocycles. The Bertz CT molecular complexity index is 1950. The number of aryl methyl sites for hydroxylation is 1. The molecule has 1 saturated heterocycles. The second kappa shape index (κ2) is 17.3. The molecular formula is C43H44FN3O6. The Balaban J connectivity index is 1.32. The van der Waals surface area contributed by atoms with Gasteiger partial charge in [-0.3, -0.25) is 24.0 Å². The molecule has 0 radical (unpaired) electrons. The topological polar surface area (TPSA) is 122 Å². The average Bonchev–Trinajstić information content (AvgIpc) is 3.65. The molecule has 0 spiro atoms. The fraction of sp³-hybridized carbons (Fsp3) is 0.326.